The van der Waals surface area contributed by atoms with E-state index in [0.29, 0.717) is 13.0 Å². The van der Waals surface area contributed by atoms with E-state index in [1.165, 1.54) is 17.7 Å². The van der Waals surface area contributed by atoms with E-state index >= 15 is 0 Å². The van der Waals surface area contributed by atoms with E-state index in [1.54, 1.807) is 12.1 Å². The molecule has 1 amide bonds. The summed E-state index contributed by atoms with van der Waals surface area (Å²) in [7, 11) is 0. The molecule has 7 heteroatoms. The zero-order valence-electron chi connectivity index (χ0n) is 16.5. The Balaban J connectivity index is 1.36. The van der Waals surface area contributed by atoms with Gasteiger partial charge in [-0.15, -0.1) is 0 Å². The van der Waals surface area contributed by atoms with Gasteiger partial charge in [-0.1, -0.05) is 19.1 Å². The number of ether oxygens (including phenoxy) is 1. The quantitative estimate of drug-likeness (QED) is 0.734. The van der Waals surface area contributed by atoms with Crippen LogP contribution in [0, 0.1) is 12.7 Å². The number of halogens is 1. The fourth-order valence-electron chi connectivity index (χ4n) is 4.17. The van der Waals surface area contributed by atoms with E-state index in [1.807, 2.05) is 16.5 Å². The molecule has 3 heterocycles. The van der Waals surface area contributed by atoms with Crippen LogP contribution in [-0.2, 0) is 24.2 Å². The van der Waals surface area contributed by atoms with Crippen molar-refractivity contribution in [1.82, 2.24) is 19.6 Å². The zero-order valence-corrected chi connectivity index (χ0v) is 16.5. The molecule has 2 saturated heterocycles. The predicted molar refractivity (Wildman–Crippen MR) is 103 cm³/mol. The molecule has 0 spiro atoms. The number of likely N-dealkylation sites (tertiary alicyclic amines) is 1. The molecule has 2 aliphatic heterocycles. The summed E-state index contributed by atoms with van der Waals surface area (Å²) < 4.78 is 20.7. The number of benzene rings is 1. The minimum absolute atomic E-state index is 0.0771. The van der Waals surface area contributed by atoms with Crippen LogP contribution in [-0.4, -0.2) is 57.5 Å². The van der Waals surface area contributed by atoms with Crippen molar-refractivity contribution in [1.29, 1.82) is 0 Å². The van der Waals surface area contributed by atoms with Crippen LogP contribution in [0.25, 0.3) is 0 Å². The maximum atomic E-state index is 13.1. The normalized spacial score (nSPS) is 22.0. The minimum atomic E-state index is -0.242. The standard InChI is InChI=1S/C21H27FN4O2/c1-3-9-25-12-17(15(2)23-25)11-24-13-19-20(14-24)28-21(27)26(19)10-8-16-4-6-18(22)7-5-16/h4-7,12,19-20H,3,8-11,13-14H2,1-2H3/t19-,20+/m1/s1. The fraction of sp³-hybridized carbons (Fsp3) is 0.524. The summed E-state index contributed by atoms with van der Waals surface area (Å²) in [4.78, 5) is 16.4. The molecule has 1 aromatic carbocycles. The maximum absolute atomic E-state index is 13.1. The molecule has 28 heavy (non-hydrogen) atoms. The Morgan fingerprint density at radius 3 is 2.75 bits per heavy atom. The van der Waals surface area contributed by atoms with Crippen molar-refractivity contribution in [2.75, 3.05) is 19.6 Å². The number of rotatable bonds is 7. The number of carbonyl (C=O) groups is 1. The van der Waals surface area contributed by atoms with Crippen molar-refractivity contribution in [3.05, 3.63) is 53.1 Å². The van der Waals surface area contributed by atoms with Gasteiger partial charge < -0.3 is 4.74 Å². The smallest absolute Gasteiger partial charge is 0.410 e. The second-order valence-corrected chi connectivity index (χ2v) is 7.76. The first-order valence-corrected chi connectivity index (χ1v) is 10.0. The second kappa shape index (κ2) is 7.91. The van der Waals surface area contributed by atoms with Gasteiger partial charge in [0.05, 0.1) is 11.7 Å². The molecule has 0 unspecified atom stereocenters. The number of carbonyl (C=O) groups excluding carboxylic acids is 1. The molecule has 0 N–H and O–H groups in total. The predicted octanol–water partition coefficient (Wildman–Crippen LogP) is 2.99. The van der Waals surface area contributed by atoms with Gasteiger partial charge in [0.2, 0.25) is 0 Å². The van der Waals surface area contributed by atoms with Crippen LogP contribution in [0.2, 0.25) is 0 Å². The van der Waals surface area contributed by atoms with Gasteiger partial charge in [-0.05, 0) is 37.5 Å². The van der Waals surface area contributed by atoms with Crippen LogP contribution in [0.1, 0.15) is 30.2 Å². The van der Waals surface area contributed by atoms with Crippen molar-refractivity contribution in [3.63, 3.8) is 0 Å². The summed E-state index contributed by atoms with van der Waals surface area (Å²) in [6.45, 7) is 8.10. The monoisotopic (exact) mass is 386 g/mol. The highest BCUT2D eigenvalue weighted by molar-refractivity contribution is 5.71. The van der Waals surface area contributed by atoms with Gasteiger partial charge in [0.1, 0.15) is 11.9 Å². The highest BCUT2D eigenvalue weighted by Gasteiger charge is 2.47. The lowest BCUT2D eigenvalue weighted by atomic mass is 10.1. The Bertz CT molecular complexity index is 835. The van der Waals surface area contributed by atoms with Crippen molar-refractivity contribution in [2.45, 2.75) is 51.9 Å². The summed E-state index contributed by atoms with van der Waals surface area (Å²) in [6, 6.07) is 6.54. The number of aromatic nitrogens is 2. The van der Waals surface area contributed by atoms with Crippen molar-refractivity contribution >= 4 is 6.09 Å². The number of aryl methyl sites for hydroxylation is 2. The van der Waals surface area contributed by atoms with Crippen LogP contribution in [0.15, 0.2) is 30.5 Å². The van der Waals surface area contributed by atoms with E-state index in [-0.39, 0.29) is 24.1 Å². The van der Waals surface area contributed by atoms with Crippen LogP contribution in [0.5, 0.6) is 0 Å². The molecule has 2 fully saturated rings. The third-order valence-corrected chi connectivity index (χ3v) is 5.65. The van der Waals surface area contributed by atoms with Gasteiger partial charge in [-0.2, -0.15) is 5.10 Å². The van der Waals surface area contributed by atoms with E-state index in [9.17, 15) is 9.18 Å². The summed E-state index contributed by atoms with van der Waals surface area (Å²) in [5, 5.41) is 4.58. The first-order valence-electron chi connectivity index (χ1n) is 10.0. The summed E-state index contributed by atoms with van der Waals surface area (Å²) in [5.74, 6) is -0.242. The van der Waals surface area contributed by atoms with Crippen LogP contribution in [0.3, 0.4) is 0 Å². The lowest BCUT2D eigenvalue weighted by Gasteiger charge is -2.22. The first kappa shape index (κ1) is 18.9. The first-order chi connectivity index (χ1) is 13.5. The molecule has 0 saturated carbocycles. The molecular weight excluding hydrogens is 359 g/mol. The van der Waals surface area contributed by atoms with Crippen molar-refractivity contribution in [2.24, 2.45) is 0 Å². The van der Waals surface area contributed by atoms with Crippen molar-refractivity contribution < 1.29 is 13.9 Å². The van der Waals surface area contributed by atoms with Crippen LogP contribution in [0.4, 0.5) is 9.18 Å². The van der Waals surface area contributed by atoms with Gasteiger partial charge in [-0.3, -0.25) is 14.5 Å². The third-order valence-electron chi connectivity index (χ3n) is 5.65. The summed E-state index contributed by atoms with van der Waals surface area (Å²) in [5.41, 5.74) is 3.32. The Morgan fingerprint density at radius 1 is 1.21 bits per heavy atom. The molecule has 2 atom stereocenters. The minimum Gasteiger partial charge on any atom is -0.442 e. The number of hydrogen-bond donors (Lipinski definition) is 0. The Morgan fingerprint density at radius 2 is 2.00 bits per heavy atom. The molecule has 0 radical (unpaired) electrons. The molecule has 2 aromatic rings. The number of amides is 1. The summed E-state index contributed by atoms with van der Waals surface area (Å²) >= 11 is 0. The molecule has 0 aliphatic carbocycles. The zero-order chi connectivity index (χ0) is 19.7. The molecule has 0 bridgehead atoms. The molecule has 1 aromatic heterocycles. The molecule has 150 valence electrons. The fourth-order valence-corrected chi connectivity index (χ4v) is 4.17. The molecule has 2 aliphatic rings. The lowest BCUT2D eigenvalue weighted by molar-refractivity contribution is 0.120. The molecule has 4 rings (SSSR count). The summed E-state index contributed by atoms with van der Waals surface area (Å²) in [6.07, 6.45) is 3.58. The van der Waals surface area contributed by atoms with E-state index in [4.69, 9.17) is 4.74 Å². The number of fused-ring (bicyclic) bond motifs is 1. The van der Waals surface area contributed by atoms with Crippen LogP contribution >= 0.6 is 0 Å². The van der Waals surface area contributed by atoms with Crippen molar-refractivity contribution in [3.8, 4) is 0 Å². The topological polar surface area (TPSA) is 50.6 Å². The van der Waals surface area contributed by atoms with E-state index in [2.05, 4.69) is 23.1 Å². The van der Waals surface area contributed by atoms with Gasteiger partial charge in [-0.25, -0.2) is 9.18 Å². The van der Waals surface area contributed by atoms with Gasteiger partial charge in [0.25, 0.3) is 0 Å². The van der Waals surface area contributed by atoms with E-state index in [0.717, 1.165) is 43.9 Å². The SMILES string of the molecule is CCCn1cc(CN2C[C@@H]3OC(=O)N(CCc4ccc(F)cc4)[C@@H]3C2)c(C)n1. The van der Waals surface area contributed by atoms with Gasteiger partial charge in [0.15, 0.2) is 0 Å². The largest absolute Gasteiger partial charge is 0.442 e. The molecule has 6 nitrogen and oxygen atoms in total. The molecular formula is C21H27FN4O2. The van der Waals surface area contributed by atoms with Crippen LogP contribution < -0.4 is 0 Å². The Labute approximate surface area is 164 Å². The maximum Gasteiger partial charge on any atom is 0.410 e. The number of hydrogen-bond acceptors (Lipinski definition) is 4. The lowest BCUT2D eigenvalue weighted by Crippen LogP contribution is -2.39. The average Bonchev–Trinajstić information content (AvgIpc) is 3.28. The Hall–Kier alpha value is -2.41. The van der Waals surface area contributed by atoms with E-state index < -0.39 is 0 Å². The highest BCUT2D eigenvalue weighted by Crippen LogP contribution is 2.28. The second-order valence-electron chi connectivity index (χ2n) is 7.76. The average molecular weight is 386 g/mol. The van der Waals surface area contributed by atoms with Gasteiger partial charge in [0, 0.05) is 44.5 Å². The number of nitrogens with zero attached hydrogens (tertiary/aromatic N) is 4. The highest BCUT2D eigenvalue weighted by atomic mass is 19.1. The Kier molecular flexibility index (Phi) is 5.35. The third kappa shape index (κ3) is 3.90. The van der Waals surface area contributed by atoms with Gasteiger partial charge >= 0.3 is 6.09 Å².